The van der Waals surface area contributed by atoms with E-state index < -0.39 is 0 Å². The summed E-state index contributed by atoms with van der Waals surface area (Å²) in [4.78, 5) is 16.4. The summed E-state index contributed by atoms with van der Waals surface area (Å²) >= 11 is 0. The van der Waals surface area contributed by atoms with Crippen LogP contribution in [0.4, 0.5) is 0 Å². The number of hydrogen-bond donors (Lipinski definition) is 1. The van der Waals surface area contributed by atoms with E-state index in [1.807, 2.05) is 53.4 Å². The number of nitrogens with zero attached hydrogens (tertiary/aromatic N) is 2. The summed E-state index contributed by atoms with van der Waals surface area (Å²) in [6.45, 7) is 4.38. The van der Waals surface area contributed by atoms with Crippen LogP contribution < -0.4 is 4.90 Å². The summed E-state index contributed by atoms with van der Waals surface area (Å²) in [5.41, 5.74) is 3.42. The molecule has 1 aliphatic heterocycles. The molecule has 4 rings (SSSR count). The minimum absolute atomic E-state index is 0.0642. The highest BCUT2D eigenvalue weighted by Gasteiger charge is 2.29. The molecule has 2 aromatic carbocycles. The van der Waals surface area contributed by atoms with E-state index in [1.165, 1.54) is 10.5 Å². The fourth-order valence-corrected chi connectivity index (χ4v) is 3.89. The zero-order chi connectivity index (χ0) is 20.2. The molecule has 3 aromatic rings. The van der Waals surface area contributed by atoms with E-state index in [0.717, 1.165) is 30.6 Å². The van der Waals surface area contributed by atoms with Gasteiger partial charge in [0.1, 0.15) is 12.1 Å². The smallest absolute Gasteiger partial charge is 0.290 e. The normalized spacial score (nSPS) is 14.8. The van der Waals surface area contributed by atoms with Gasteiger partial charge in [0.15, 0.2) is 5.76 Å². The molecule has 1 fully saturated rings. The Morgan fingerprint density at radius 3 is 2.59 bits per heavy atom. The van der Waals surface area contributed by atoms with E-state index in [4.69, 9.17) is 14.4 Å². The molecule has 1 aliphatic rings. The molecule has 0 unspecified atom stereocenters. The number of para-hydroxylation sites is 1. The highest BCUT2D eigenvalue weighted by atomic mass is 16.5. The predicted molar refractivity (Wildman–Crippen MR) is 108 cm³/mol. The van der Waals surface area contributed by atoms with Gasteiger partial charge in [-0.25, -0.2) is 0 Å². The van der Waals surface area contributed by atoms with E-state index in [9.17, 15) is 4.79 Å². The number of quaternary nitrogens is 1. The molecular weight excluding hydrogens is 366 g/mol. The van der Waals surface area contributed by atoms with Crippen LogP contribution in [0.3, 0.4) is 0 Å². The lowest BCUT2D eigenvalue weighted by Gasteiger charge is -2.32. The van der Waals surface area contributed by atoms with Crippen LogP contribution in [-0.2, 0) is 17.9 Å². The SMILES string of the molecule is COCc1c(C(=O)N2CC[NH+](Cc3ccc(C#N)cc3)CC2)oc2ccccc12. The number of fused-ring (bicyclic) bond motifs is 1. The van der Waals surface area contributed by atoms with E-state index in [-0.39, 0.29) is 5.91 Å². The van der Waals surface area contributed by atoms with Gasteiger partial charge in [-0.2, -0.15) is 5.26 Å². The van der Waals surface area contributed by atoms with Crippen LogP contribution in [0.1, 0.15) is 27.2 Å². The third-order valence-electron chi connectivity index (χ3n) is 5.48. The lowest BCUT2D eigenvalue weighted by molar-refractivity contribution is -0.917. The molecule has 148 valence electrons. The average Bonchev–Trinajstić information content (AvgIpc) is 3.13. The number of nitrogens with one attached hydrogen (secondary N) is 1. The number of methoxy groups -OCH3 is 1. The maximum Gasteiger partial charge on any atom is 0.290 e. The monoisotopic (exact) mass is 390 g/mol. The van der Waals surface area contributed by atoms with Crippen molar-refractivity contribution < 1.29 is 18.8 Å². The molecule has 1 amide bonds. The molecule has 2 heterocycles. The van der Waals surface area contributed by atoms with E-state index in [0.29, 0.717) is 36.6 Å². The van der Waals surface area contributed by atoms with Gasteiger partial charge in [-0.3, -0.25) is 4.79 Å². The molecule has 1 aromatic heterocycles. The van der Waals surface area contributed by atoms with Crippen molar-refractivity contribution in [3.05, 3.63) is 71.0 Å². The maximum atomic E-state index is 13.1. The molecule has 1 saturated heterocycles. The van der Waals surface area contributed by atoms with Crippen LogP contribution in [-0.4, -0.2) is 44.1 Å². The molecule has 29 heavy (non-hydrogen) atoms. The van der Waals surface area contributed by atoms with Crippen molar-refractivity contribution in [1.29, 1.82) is 5.26 Å². The molecule has 0 bridgehead atoms. The molecule has 1 N–H and O–H groups in total. The van der Waals surface area contributed by atoms with Crippen LogP contribution >= 0.6 is 0 Å². The fraction of sp³-hybridized carbons (Fsp3) is 0.304. The van der Waals surface area contributed by atoms with Crippen molar-refractivity contribution in [3.8, 4) is 6.07 Å². The number of amides is 1. The van der Waals surface area contributed by atoms with Gasteiger partial charge in [0.05, 0.1) is 44.4 Å². The van der Waals surface area contributed by atoms with Gasteiger partial charge in [-0.05, 0) is 18.2 Å². The van der Waals surface area contributed by atoms with Gasteiger partial charge in [0.2, 0.25) is 0 Å². The third kappa shape index (κ3) is 4.02. The Morgan fingerprint density at radius 2 is 1.90 bits per heavy atom. The Kier molecular flexibility index (Phi) is 5.61. The zero-order valence-corrected chi connectivity index (χ0v) is 16.5. The van der Waals surface area contributed by atoms with Crippen LogP contribution in [0, 0.1) is 11.3 Å². The largest absolute Gasteiger partial charge is 0.451 e. The van der Waals surface area contributed by atoms with Gasteiger partial charge in [-0.15, -0.1) is 0 Å². The summed E-state index contributed by atoms with van der Waals surface area (Å²) in [6, 6.07) is 17.6. The number of nitriles is 1. The number of hydrogen-bond acceptors (Lipinski definition) is 4. The van der Waals surface area contributed by atoms with Gasteiger partial charge >= 0.3 is 0 Å². The minimum atomic E-state index is -0.0642. The highest BCUT2D eigenvalue weighted by molar-refractivity contribution is 5.99. The van der Waals surface area contributed by atoms with Gasteiger partial charge in [-0.1, -0.05) is 30.3 Å². The van der Waals surface area contributed by atoms with Crippen molar-refractivity contribution in [1.82, 2.24) is 4.90 Å². The number of piperazine rings is 1. The Labute approximate surface area is 169 Å². The summed E-state index contributed by atoms with van der Waals surface area (Å²) in [5, 5.41) is 9.85. The minimum Gasteiger partial charge on any atom is -0.451 e. The summed E-state index contributed by atoms with van der Waals surface area (Å²) in [7, 11) is 1.63. The third-order valence-corrected chi connectivity index (χ3v) is 5.48. The Morgan fingerprint density at radius 1 is 1.17 bits per heavy atom. The average molecular weight is 390 g/mol. The highest BCUT2D eigenvalue weighted by Crippen LogP contribution is 2.27. The Bertz CT molecular complexity index is 1040. The lowest BCUT2D eigenvalue weighted by atomic mass is 10.1. The van der Waals surface area contributed by atoms with Crippen LogP contribution in [0.2, 0.25) is 0 Å². The first-order chi connectivity index (χ1) is 14.2. The zero-order valence-electron chi connectivity index (χ0n) is 16.5. The molecule has 0 aliphatic carbocycles. The molecular formula is C23H24N3O3+. The number of carbonyl (C=O) groups excluding carboxylic acids is 1. The first-order valence-electron chi connectivity index (χ1n) is 9.81. The second-order valence-corrected chi connectivity index (χ2v) is 7.37. The fourth-order valence-electron chi connectivity index (χ4n) is 3.89. The van der Waals surface area contributed by atoms with Crippen molar-refractivity contribution in [2.24, 2.45) is 0 Å². The summed E-state index contributed by atoms with van der Waals surface area (Å²) in [6.07, 6.45) is 0. The van der Waals surface area contributed by atoms with Crippen molar-refractivity contribution in [2.45, 2.75) is 13.2 Å². The maximum absolute atomic E-state index is 13.1. The number of carbonyl (C=O) groups is 1. The van der Waals surface area contributed by atoms with Crippen molar-refractivity contribution in [3.63, 3.8) is 0 Å². The van der Waals surface area contributed by atoms with Gasteiger partial charge in [0.25, 0.3) is 5.91 Å². The Hall–Kier alpha value is -3.14. The summed E-state index contributed by atoms with van der Waals surface area (Å²) < 4.78 is 11.2. The molecule has 0 spiro atoms. The molecule has 0 radical (unpaired) electrons. The van der Waals surface area contributed by atoms with Gasteiger partial charge < -0.3 is 19.0 Å². The molecule has 6 nitrogen and oxygen atoms in total. The van der Waals surface area contributed by atoms with Crippen LogP contribution in [0.5, 0.6) is 0 Å². The van der Waals surface area contributed by atoms with Crippen LogP contribution in [0.25, 0.3) is 11.0 Å². The number of ether oxygens (including phenoxy) is 1. The van der Waals surface area contributed by atoms with Crippen molar-refractivity contribution in [2.75, 3.05) is 33.3 Å². The quantitative estimate of drug-likeness (QED) is 0.723. The Balaban J connectivity index is 1.43. The molecule has 6 heteroatoms. The number of furan rings is 1. The first-order valence-corrected chi connectivity index (χ1v) is 9.81. The van der Waals surface area contributed by atoms with Gasteiger partial charge in [0, 0.05) is 23.6 Å². The standard InChI is InChI=1S/C23H23N3O3/c1-28-16-20-19-4-2-3-5-21(19)29-22(20)23(27)26-12-10-25(11-13-26)15-18-8-6-17(14-24)7-9-18/h2-9H,10-13,15-16H2,1H3/p+1. The predicted octanol–water partition coefficient (Wildman–Crippen LogP) is 1.99. The number of benzene rings is 2. The van der Waals surface area contributed by atoms with E-state index in [1.54, 1.807) is 7.11 Å². The second-order valence-electron chi connectivity index (χ2n) is 7.37. The number of rotatable bonds is 5. The molecule has 0 atom stereocenters. The topological polar surface area (TPSA) is 70.9 Å². The van der Waals surface area contributed by atoms with Crippen LogP contribution in [0.15, 0.2) is 52.9 Å². The van der Waals surface area contributed by atoms with E-state index >= 15 is 0 Å². The lowest BCUT2D eigenvalue weighted by Crippen LogP contribution is -3.13. The van der Waals surface area contributed by atoms with E-state index in [2.05, 4.69) is 6.07 Å². The second kappa shape index (κ2) is 8.48. The summed E-state index contributed by atoms with van der Waals surface area (Å²) in [5.74, 6) is 0.328. The van der Waals surface area contributed by atoms with Crippen molar-refractivity contribution >= 4 is 16.9 Å². The molecule has 0 saturated carbocycles. The first kappa shape index (κ1) is 19.2.